The lowest BCUT2D eigenvalue weighted by Crippen LogP contribution is -2.59. The van der Waals surface area contributed by atoms with E-state index in [0.717, 1.165) is 18.4 Å². The van der Waals surface area contributed by atoms with Crippen molar-refractivity contribution in [2.45, 2.75) is 81.9 Å². The van der Waals surface area contributed by atoms with E-state index in [1.165, 1.54) is 4.90 Å². The number of carbonyl (C=O) groups excluding carboxylic acids is 4. The van der Waals surface area contributed by atoms with Gasteiger partial charge in [-0.2, -0.15) is 0 Å². The summed E-state index contributed by atoms with van der Waals surface area (Å²) in [6.07, 6.45) is 6.52. The average molecular weight is 749 g/mol. The van der Waals surface area contributed by atoms with E-state index in [9.17, 15) is 24.3 Å². The number of likely N-dealkylation sites (tertiary alicyclic amines) is 1. The first-order valence-corrected chi connectivity index (χ1v) is 18.4. The molecule has 2 aromatic rings. The number of esters is 1. The Kier molecular flexibility index (Phi) is 11.0. The van der Waals surface area contributed by atoms with Crippen LogP contribution in [-0.2, 0) is 35.1 Å². The van der Waals surface area contributed by atoms with Gasteiger partial charge in [0.05, 0.1) is 24.6 Å². The molecule has 11 heteroatoms. The molecule has 0 saturated carbocycles. The number of nitrogens with zero attached hydrogens (tertiary/aromatic N) is 3. The van der Waals surface area contributed by atoms with Crippen molar-refractivity contribution >= 4 is 39.6 Å². The van der Waals surface area contributed by atoms with Crippen LogP contribution in [0.25, 0.3) is 0 Å². The summed E-state index contributed by atoms with van der Waals surface area (Å²) in [4.78, 5) is 62.6. The number of benzene rings is 2. The zero-order chi connectivity index (χ0) is 35.6. The lowest BCUT2D eigenvalue weighted by atomic mass is 9.74. The molecule has 0 radical (unpaired) electrons. The number of likely N-dealkylation sites (N-methyl/N-ethyl adjacent to an activating group) is 1. The number of hydrogen-bond acceptors (Lipinski definition) is 7. The molecule has 50 heavy (non-hydrogen) atoms. The van der Waals surface area contributed by atoms with Gasteiger partial charge in [0.25, 0.3) is 0 Å². The Bertz CT molecular complexity index is 1630. The third-order valence-corrected chi connectivity index (χ3v) is 11.4. The molecule has 4 heterocycles. The van der Waals surface area contributed by atoms with E-state index in [4.69, 9.17) is 9.47 Å². The SMILES string of the molecule is CCCCN1C/C=C\CCC(=O)N(C)[C@H](C)[C@@H](c2ccccc2)OC(=O)[C@@H]2[C@H]3O[C@@]4(C=C3Br)[C@H](C1=O)N([C@@H](CO)Cc1ccccc1)C(=O)[C@@H]24. The fraction of sp³-hybridized carbons (Fsp3) is 0.487. The van der Waals surface area contributed by atoms with Crippen LogP contribution in [0, 0.1) is 11.8 Å². The maximum absolute atomic E-state index is 14.9. The Morgan fingerprint density at radius 3 is 2.36 bits per heavy atom. The first-order valence-electron chi connectivity index (χ1n) is 17.6. The molecule has 0 aromatic heterocycles. The van der Waals surface area contributed by atoms with Crippen LogP contribution >= 0.6 is 15.9 Å². The van der Waals surface area contributed by atoms with Crippen LogP contribution in [0.1, 0.15) is 56.8 Å². The number of allylic oxidation sites excluding steroid dienone is 1. The second kappa shape index (κ2) is 15.2. The zero-order valence-corrected chi connectivity index (χ0v) is 30.4. The number of aliphatic hydroxyl groups is 1. The molecule has 1 N–H and O–H groups in total. The average Bonchev–Trinajstić information content (AvgIpc) is 3.73. The molecule has 5 bridgehead atoms. The highest BCUT2D eigenvalue weighted by Crippen LogP contribution is 2.59. The lowest BCUT2D eigenvalue weighted by molar-refractivity contribution is -0.164. The molecule has 266 valence electrons. The Morgan fingerprint density at radius 2 is 1.68 bits per heavy atom. The van der Waals surface area contributed by atoms with Crippen molar-refractivity contribution in [3.8, 4) is 0 Å². The highest BCUT2D eigenvalue weighted by Gasteiger charge is 2.75. The summed E-state index contributed by atoms with van der Waals surface area (Å²) in [5.74, 6) is -3.63. The van der Waals surface area contributed by atoms with Crippen molar-refractivity contribution in [3.05, 3.63) is 94.5 Å². The third-order valence-electron chi connectivity index (χ3n) is 10.7. The number of aliphatic hydroxyl groups excluding tert-OH is 1. The summed E-state index contributed by atoms with van der Waals surface area (Å²) in [7, 11) is 1.71. The van der Waals surface area contributed by atoms with Crippen LogP contribution in [0.5, 0.6) is 0 Å². The quantitative estimate of drug-likeness (QED) is 0.311. The number of carbonyl (C=O) groups is 4. The van der Waals surface area contributed by atoms with Gasteiger partial charge in [-0.15, -0.1) is 0 Å². The molecule has 2 saturated heterocycles. The second-order valence-corrected chi connectivity index (χ2v) is 14.7. The lowest BCUT2D eigenvalue weighted by Gasteiger charge is -2.38. The molecular formula is C39H46BrN3O7. The molecule has 1 spiro atoms. The molecule has 8 atom stereocenters. The highest BCUT2D eigenvalue weighted by atomic mass is 79.9. The van der Waals surface area contributed by atoms with E-state index in [1.807, 2.05) is 86.7 Å². The molecule has 2 fully saturated rings. The summed E-state index contributed by atoms with van der Waals surface area (Å²) in [5.41, 5.74) is 0.145. The number of hydrogen-bond donors (Lipinski definition) is 1. The van der Waals surface area contributed by atoms with Crippen LogP contribution in [0.4, 0.5) is 0 Å². The zero-order valence-electron chi connectivity index (χ0n) is 28.8. The number of ether oxygens (including phenoxy) is 2. The Labute approximate surface area is 302 Å². The van der Waals surface area contributed by atoms with Crippen LogP contribution in [0.2, 0.25) is 0 Å². The smallest absolute Gasteiger partial charge is 0.313 e. The van der Waals surface area contributed by atoms with Gasteiger partial charge in [0, 0.05) is 31.0 Å². The monoisotopic (exact) mass is 747 g/mol. The van der Waals surface area contributed by atoms with Crippen LogP contribution in [0.3, 0.4) is 0 Å². The number of halogens is 1. The molecule has 4 aliphatic heterocycles. The number of rotatable bonds is 8. The molecule has 3 amide bonds. The van der Waals surface area contributed by atoms with Crippen molar-refractivity contribution in [2.75, 3.05) is 26.7 Å². The summed E-state index contributed by atoms with van der Waals surface area (Å²) in [6, 6.07) is 16.4. The molecule has 6 rings (SSSR count). The fourth-order valence-electron chi connectivity index (χ4n) is 7.97. The maximum Gasteiger partial charge on any atom is 0.313 e. The highest BCUT2D eigenvalue weighted by molar-refractivity contribution is 9.11. The summed E-state index contributed by atoms with van der Waals surface area (Å²) in [6.45, 7) is 4.22. The minimum absolute atomic E-state index is 0.103. The third kappa shape index (κ3) is 6.55. The number of fused-ring (bicyclic) bond motifs is 2. The van der Waals surface area contributed by atoms with E-state index in [1.54, 1.807) is 22.9 Å². The van der Waals surface area contributed by atoms with Gasteiger partial charge in [0.15, 0.2) is 0 Å². The minimum Gasteiger partial charge on any atom is -0.455 e. The maximum atomic E-state index is 14.9. The Balaban J connectivity index is 1.47. The van der Waals surface area contributed by atoms with Gasteiger partial charge in [-0.25, -0.2) is 0 Å². The second-order valence-electron chi connectivity index (χ2n) is 13.8. The van der Waals surface area contributed by atoms with Crippen LogP contribution in [-0.4, -0.2) is 100 Å². The first kappa shape index (κ1) is 36.0. The molecular weight excluding hydrogens is 702 g/mol. The standard InChI is InChI=1S/C39H46BrN3O7/c1-4-5-20-42-21-14-8-13-19-30(45)41(3)25(2)33(27-17-11-7-12-18-27)49-38(48)31-32-36(46)43(28(24-44)22-26-15-9-6-10-16-26)35(37(42)47)39(32)23-29(40)34(31)50-39/h6-12,14-18,23,25,28,31-35,44H,4-5,13,19-22,24H2,1-3H3/b14-8-/t25-,28-,31+,32-,33+,34+,35+,39-/m1/s1. The van der Waals surface area contributed by atoms with Gasteiger partial charge in [-0.05, 0) is 43.4 Å². The molecule has 2 aromatic carbocycles. The van der Waals surface area contributed by atoms with Gasteiger partial charge in [-0.1, -0.05) is 102 Å². The van der Waals surface area contributed by atoms with E-state index in [-0.39, 0.29) is 31.4 Å². The van der Waals surface area contributed by atoms with E-state index in [2.05, 4.69) is 15.9 Å². The van der Waals surface area contributed by atoms with E-state index < -0.39 is 59.6 Å². The van der Waals surface area contributed by atoms with E-state index >= 15 is 0 Å². The van der Waals surface area contributed by atoms with Crippen molar-refractivity contribution in [3.63, 3.8) is 0 Å². The van der Waals surface area contributed by atoms with Crippen molar-refractivity contribution in [1.29, 1.82) is 0 Å². The van der Waals surface area contributed by atoms with Gasteiger partial charge >= 0.3 is 5.97 Å². The van der Waals surface area contributed by atoms with E-state index in [0.29, 0.717) is 29.4 Å². The molecule has 0 unspecified atom stereocenters. The largest absolute Gasteiger partial charge is 0.455 e. The Morgan fingerprint density at radius 1 is 0.980 bits per heavy atom. The van der Waals surface area contributed by atoms with Gasteiger partial charge in [-0.3, -0.25) is 19.2 Å². The fourth-order valence-corrected chi connectivity index (χ4v) is 8.71. The van der Waals surface area contributed by atoms with Gasteiger partial charge < -0.3 is 29.3 Å². The van der Waals surface area contributed by atoms with Crippen molar-refractivity contribution in [1.82, 2.24) is 14.7 Å². The first-order chi connectivity index (χ1) is 24.1. The number of amides is 3. The van der Waals surface area contributed by atoms with Crippen molar-refractivity contribution in [2.24, 2.45) is 11.8 Å². The summed E-state index contributed by atoms with van der Waals surface area (Å²) in [5, 5.41) is 10.8. The minimum atomic E-state index is -1.46. The summed E-state index contributed by atoms with van der Waals surface area (Å²) >= 11 is 3.63. The van der Waals surface area contributed by atoms with Crippen LogP contribution in [0.15, 0.2) is 83.4 Å². The summed E-state index contributed by atoms with van der Waals surface area (Å²) < 4.78 is 13.6. The molecule has 10 nitrogen and oxygen atoms in total. The Hall–Kier alpha value is -3.80. The van der Waals surface area contributed by atoms with Crippen molar-refractivity contribution < 1.29 is 33.8 Å². The molecule has 0 aliphatic carbocycles. The topological polar surface area (TPSA) is 117 Å². The predicted molar refractivity (Wildman–Crippen MR) is 191 cm³/mol. The predicted octanol–water partition coefficient (Wildman–Crippen LogP) is 4.57. The normalized spacial score (nSPS) is 31.5. The van der Waals surface area contributed by atoms with Crippen LogP contribution < -0.4 is 0 Å². The van der Waals surface area contributed by atoms with Gasteiger partial charge in [0.2, 0.25) is 17.7 Å². The number of unbranched alkanes of at least 4 members (excludes halogenated alkanes) is 1. The molecule has 4 aliphatic rings. The van der Waals surface area contributed by atoms with Gasteiger partial charge in [0.1, 0.15) is 29.8 Å². The number of cyclic esters (lactones) is 1.